The van der Waals surface area contributed by atoms with Gasteiger partial charge in [0.05, 0.1) is 5.92 Å². The molecule has 27 heavy (non-hydrogen) atoms. The number of nitrogens with zero attached hydrogens (tertiary/aromatic N) is 1. The van der Waals surface area contributed by atoms with Crippen molar-refractivity contribution in [3.8, 4) is 11.5 Å². The summed E-state index contributed by atoms with van der Waals surface area (Å²) in [5.41, 5.74) is 0.950. The zero-order valence-corrected chi connectivity index (χ0v) is 16.1. The molecule has 1 saturated heterocycles. The van der Waals surface area contributed by atoms with E-state index in [1.807, 2.05) is 25.1 Å². The van der Waals surface area contributed by atoms with Crippen LogP contribution in [-0.4, -0.2) is 42.8 Å². The third-order valence-electron chi connectivity index (χ3n) is 5.22. The second kappa shape index (κ2) is 8.97. The van der Waals surface area contributed by atoms with Crippen molar-refractivity contribution in [2.75, 3.05) is 19.9 Å². The molecule has 2 aliphatic heterocycles. The Bertz CT molecular complexity index is 679. The molecular weight excluding hydrogens is 346 g/mol. The predicted molar refractivity (Wildman–Crippen MR) is 102 cm³/mol. The Hall–Kier alpha value is -2.44. The van der Waals surface area contributed by atoms with E-state index in [9.17, 15) is 9.59 Å². The number of carbonyl (C=O) groups excluding carboxylic acids is 2. The first-order chi connectivity index (χ1) is 13.1. The van der Waals surface area contributed by atoms with Crippen molar-refractivity contribution in [2.45, 2.75) is 52.1 Å². The fourth-order valence-electron chi connectivity index (χ4n) is 3.47. The number of fused-ring (bicyclic) bond motifs is 1. The molecule has 1 fully saturated rings. The van der Waals surface area contributed by atoms with Gasteiger partial charge in [0.2, 0.25) is 12.7 Å². The van der Waals surface area contributed by atoms with Crippen molar-refractivity contribution >= 4 is 11.9 Å². The SMILES string of the molecule is CCCCNC(=O)C1CCC(C)N(C(=O)NCc2ccc3c(c2)OCO3)C1. The fourth-order valence-corrected chi connectivity index (χ4v) is 3.47. The first-order valence-corrected chi connectivity index (χ1v) is 9.79. The number of amides is 3. The Balaban J connectivity index is 1.52. The van der Waals surface area contributed by atoms with E-state index in [2.05, 4.69) is 17.6 Å². The standard InChI is InChI=1S/C20H29N3O4/c1-3-4-9-21-19(24)16-7-5-14(2)23(12-16)20(25)22-11-15-6-8-17-18(10-15)27-13-26-17/h6,8,10,14,16H,3-5,7,9,11-13H2,1-2H3,(H,21,24)(H,22,25). The lowest BCUT2D eigenvalue weighted by molar-refractivity contribution is -0.126. The van der Waals surface area contributed by atoms with Gasteiger partial charge in [0.25, 0.3) is 0 Å². The molecule has 148 valence electrons. The molecule has 3 rings (SSSR count). The van der Waals surface area contributed by atoms with Crippen molar-refractivity contribution in [1.82, 2.24) is 15.5 Å². The summed E-state index contributed by atoms with van der Waals surface area (Å²) in [7, 11) is 0. The lowest BCUT2D eigenvalue weighted by Gasteiger charge is -2.37. The van der Waals surface area contributed by atoms with Crippen LogP contribution in [0, 0.1) is 5.92 Å². The molecule has 0 radical (unpaired) electrons. The molecule has 7 heteroatoms. The Kier molecular flexibility index (Phi) is 6.42. The lowest BCUT2D eigenvalue weighted by atomic mass is 9.93. The van der Waals surface area contributed by atoms with E-state index in [0.717, 1.165) is 37.0 Å². The summed E-state index contributed by atoms with van der Waals surface area (Å²) in [6.45, 7) is 5.94. The molecule has 2 heterocycles. The van der Waals surface area contributed by atoms with Gasteiger partial charge < -0.3 is 25.0 Å². The molecule has 1 aromatic carbocycles. The Morgan fingerprint density at radius 3 is 2.81 bits per heavy atom. The minimum absolute atomic E-state index is 0.0592. The first-order valence-electron chi connectivity index (χ1n) is 9.79. The maximum atomic E-state index is 12.7. The van der Waals surface area contributed by atoms with Gasteiger partial charge >= 0.3 is 6.03 Å². The average molecular weight is 375 g/mol. The van der Waals surface area contributed by atoms with Crippen molar-refractivity contribution < 1.29 is 19.1 Å². The van der Waals surface area contributed by atoms with Crippen LogP contribution in [-0.2, 0) is 11.3 Å². The van der Waals surface area contributed by atoms with E-state index in [-0.39, 0.29) is 30.7 Å². The van der Waals surface area contributed by atoms with Gasteiger partial charge in [-0.05, 0) is 43.9 Å². The third kappa shape index (κ3) is 4.84. The van der Waals surface area contributed by atoms with Crippen LogP contribution in [0.1, 0.15) is 45.1 Å². The van der Waals surface area contributed by atoms with Gasteiger partial charge in [-0.2, -0.15) is 0 Å². The summed E-state index contributed by atoms with van der Waals surface area (Å²) in [5, 5.41) is 5.95. The molecular formula is C20H29N3O4. The highest BCUT2D eigenvalue weighted by molar-refractivity contribution is 5.81. The minimum Gasteiger partial charge on any atom is -0.454 e. The van der Waals surface area contributed by atoms with Crippen LogP contribution in [0.4, 0.5) is 4.79 Å². The molecule has 2 atom stereocenters. The van der Waals surface area contributed by atoms with Gasteiger partial charge in [-0.1, -0.05) is 19.4 Å². The molecule has 0 aromatic heterocycles. The summed E-state index contributed by atoms with van der Waals surface area (Å²) in [6, 6.07) is 5.64. The van der Waals surface area contributed by atoms with Gasteiger partial charge in [-0.3, -0.25) is 4.79 Å². The highest BCUT2D eigenvalue weighted by Crippen LogP contribution is 2.32. The lowest BCUT2D eigenvalue weighted by Crippen LogP contribution is -2.52. The Morgan fingerprint density at radius 2 is 2.00 bits per heavy atom. The van der Waals surface area contributed by atoms with Crippen LogP contribution in [0.5, 0.6) is 11.5 Å². The number of rotatable bonds is 6. The molecule has 0 bridgehead atoms. The molecule has 2 N–H and O–H groups in total. The van der Waals surface area contributed by atoms with Crippen LogP contribution in [0.15, 0.2) is 18.2 Å². The molecule has 7 nitrogen and oxygen atoms in total. The van der Waals surface area contributed by atoms with E-state index < -0.39 is 0 Å². The zero-order chi connectivity index (χ0) is 19.2. The molecule has 1 aromatic rings. The average Bonchev–Trinajstić information content (AvgIpc) is 3.14. The van der Waals surface area contributed by atoms with E-state index in [1.54, 1.807) is 4.90 Å². The number of hydrogen-bond donors (Lipinski definition) is 2. The van der Waals surface area contributed by atoms with Gasteiger partial charge in [0, 0.05) is 25.7 Å². The van der Waals surface area contributed by atoms with Crippen molar-refractivity contribution in [3.05, 3.63) is 23.8 Å². The molecule has 2 unspecified atom stereocenters. The number of benzene rings is 1. The monoisotopic (exact) mass is 375 g/mol. The van der Waals surface area contributed by atoms with Crippen LogP contribution >= 0.6 is 0 Å². The number of urea groups is 1. The maximum absolute atomic E-state index is 12.7. The smallest absolute Gasteiger partial charge is 0.317 e. The fraction of sp³-hybridized carbons (Fsp3) is 0.600. The zero-order valence-electron chi connectivity index (χ0n) is 16.1. The molecule has 0 spiro atoms. The van der Waals surface area contributed by atoms with Gasteiger partial charge in [-0.25, -0.2) is 4.79 Å². The van der Waals surface area contributed by atoms with Crippen LogP contribution < -0.4 is 20.1 Å². The Labute approximate surface area is 160 Å². The summed E-state index contributed by atoms with van der Waals surface area (Å²) in [6.07, 6.45) is 3.69. The first kappa shape index (κ1) is 19.3. The van der Waals surface area contributed by atoms with Crippen LogP contribution in [0.25, 0.3) is 0 Å². The number of carbonyl (C=O) groups is 2. The number of hydrogen-bond acceptors (Lipinski definition) is 4. The Morgan fingerprint density at radius 1 is 1.19 bits per heavy atom. The number of unbranched alkanes of at least 4 members (excludes halogenated alkanes) is 1. The van der Waals surface area contributed by atoms with Crippen LogP contribution in [0.2, 0.25) is 0 Å². The number of ether oxygens (including phenoxy) is 2. The normalized spacial score (nSPS) is 21.0. The summed E-state index contributed by atoms with van der Waals surface area (Å²) >= 11 is 0. The molecule has 3 amide bonds. The number of nitrogens with one attached hydrogen (secondary N) is 2. The number of likely N-dealkylation sites (tertiary alicyclic amines) is 1. The topological polar surface area (TPSA) is 79.9 Å². The second-order valence-corrected chi connectivity index (χ2v) is 7.27. The van der Waals surface area contributed by atoms with Gasteiger partial charge in [-0.15, -0.1) is 0 Å². The highest BCUT2D eigenvalue weighted by Gasteiger charge is 2.32. The summed E-state index contributed by atoms with van der Waals surface area (Å²) < 4.78 is 10.7. The third-order valence-corrected chi connectivity index (χ3v) is 5.22. The van der Waals surface area contributed by atoms with E-state index in [4.69, 9.17) is 9.47 Å². The minimum atomic E-state index is -0.133. The molecule has 0 saturated carbocycles. The van der Waals surface area contributed by atoms with Gasteiger partial charge in [0.15, 0.2) is 11.5 Å². The highest BCUT2D eigenvalue weighted by atomic mass is 16.7. The quantitative estimate of drug-likeness (QED) is 0.749. The second-order valence-electron chi connectivity index (χ2n) is 7.27. The summed E-state index contributed by atoms with van der Waals surface area (Å²) in [5.74, 6) is 1.36. The van der Waals surface area contributed by atoms with Crippen molar-refractivity contribution in [2.24, 2.45) is 5.92 Å². The van der Waals surface area contributed by atoms with E-state index in [0.29, 0.717) is 25.4 Å². The maximum Gasteiger partial charge on any atom is 0.317 e. The van der Waals surface area contributed by atoms with Gasteiger partial charge in [0.1, 0.15) is 0 Å². The summed E-state index contributed by atoms with van der Waals surface area (Å²) in [4.78, 5) is 26.8. The van der Waals surface area contributed by atoms with Crippen molar-refractivity contribution in [1.29, 1.82) is 0 Å². The van der Waals surface area contributed by atoms with Crippen LogP contribution in [0.3, 0.4) is 0 Å². The molecule has 0 aliphatic carbocycles. The molecule has 2 aliphatic rings. The largest absolute Gasteiger partial charge is 0.454 e. The van der Waals surface area contributed by atoms with E-state index >= 15 is 0 Å². The predicted octanol–water partition coefficient (Wildman–Crippen LogP) is 2.64. The van der Waals surface area contributed by atoms with Crippen molar-refractivity contribution in [3.63, 3.8) is 0 Å². The number of piperidine rings is 1. The van der Waals surface area contributed by atoms with E-state index in [1.165, 1.54) is 0 Å².